The first-order chi connectivity index (χ1) is 61.3. The van der Waals surface area contributed by atoms with E-state index >= 15 is 0 Å². The van der Waals surface area contributed by atoms with Crippen molar-refractivity contribution >= 4 is 58.9 Å². The number of carbonyl (C=O) groups is 9. The Balaban J connectivity index is 0.000000205. The van der Waals surface area contributed by atoms with Gasteiger partial charge in [-0.05, 0) is 122 Å². The minimum Gasteiger partial charge on any atom is -0.386 e. The molecule has 15 rings (SSSR count). The Kier molecular flexibility index (Phi) is 39.9. The van der Waals surface area contributed by atoms with Crippen LogP contribution in [0.4, 0.5) is 5.69 Å². The van der Waals surface area contributed by atoms with Crippen molar-refractivity contribution in [3.63, 3.8) is 0 Å². The molecule has 0 radical (unpaired) electrons. The maximum atomic E-state index is 12.5. The average Bonchev–Trinajstić information content (AvgIpc) is 1.60. The fourth-order valence-electron chi connectivity index (χ4n) is 20.4. The quantitative estimate of drug-likeness (QED) is 0.302. The van der Waals surface area contributed by atoms with Gasteiger partial charge in [-0.2, -0.15) is 0 Å². The minimum absolute atomic E-state index is 0.204. The Bertz CT molecular complexity index is 4090. The second-order valence-electron chi connectivity index (χ2n) is 51.3. The lowest BCUT2D eigenvalue weighted by atomic mass is 9.65. The Morgan fingerprint density at radius 1 is 0.398 bits per heavy atom. The summed E-state index contributed by atoms with van der Waals surface area (Å²) < 4.78 is 10.6. The van der Waals surface area contributed by atoms with Crippen molar-refractivity contribution in [2.75, 3.05) is 156 Å². The maximum Gasteiger partial charge on any atom is 0.228 e. The zero-order valence-electron chi connectivity index (χ0n) is 89.7. The zero-order chi connectivity index (χ0) is 99.8. The predicted octanol–water partition coefficient (Wildman–Crippen LogP) is 18.3. The molecule has 12 fully saturated rings. The predicted molar refractivity (Wildman–Crippen MR) is 541 cm³/mol. The molecule has 23 heteroatoms. The smallest absolute Gasteiger partial charge is 0.228 e. The summed E-state index contributed by atoms with van der Waals surface area (Å²) in [4.78, 5) is 131. The van der Waals surface area contributed by atoms with Crippen molar-refractivity contribution in [1.29, 1.82) is 0 Å². The Hall–Kier alpha value is -7.11. The van der Waals surface area contributed by atoms with Crippen LogP contribution in [-0.2, 0) is 65.7 Å². The fraction of sp³-hybridized carbons (Fsp3) is 0.791. The van der Waals surface area contributed by atoms with Crippen molar-refractivity contribution < 1.29 is 52.6 Å². The Morgan fingerprint density at radius 3 is 1.27 bits per heavy atom. The van der Waals surface area contributed by atoms with E-state index in [0.29, 0.717) is 78.3 Å². The molecule has 10 heterocycles. The molecule has 2 aromatic rings. The number of rotatable bonds is 3. The summed E-state index contributed by atoms with van der Waals surface area (Å²) in [7, 11) is 0. The number of anilines is 1. The van der Waals surface area contributed by atoms with E-state index in [1.54, 1.807) is 0 Å². The topological polar surface area (TPSA) is 220 Å². The standard InChI is InChI=1S/C15H22N2O.C15H27NO.C14H25NO.C13H24N2O.C13H17NO.C11H21NO.C10H18N2O.C10H17NO2.C9H17NO2/c1-15(2,3)14(18)17-11-9-16(10-12-17)13-7-5-4-6-8-13;1-13(2,3)12(17)16-10-15(6)8-11(16)7-14(4,5)9-15;1-14(2,3)13(16)15-9-8-11-6-4-5-7-12(11)10-15;1-13(2,3)12(16)15-8-6-14(7-9-15)10-11-4-5-11;1-13(2,3)12(15)14-8-10-6-4-5-7-11(10)9-14;1-9-6-5-7-12(8-9)10(13)11(2,3)4;1-8-7-12(6-5-11-8)9(13)10(2,3)4;1-10(2,3)9(12)11-5-8-4-7(11)6-13-8;1-9(2,3)8(11)10-4-6-12-7-5-10/h4-8H,9-12H2,1-3H3;11H,7-10H2,1-6H3;11-12H,4-10H2,1-3H3;11H,4-10H2,1-3H3;4-7H,8-9H2,1-3H3;9H,5-8H2,1-4H3;11H,1,5-7H2,2-4H3;7-8H,4-6H2,1-3H3;4-7H2,1-3H3/t;11-,15-;11-,12-;;;9-;;7-,8-;/m.10..0.0./s1. The molecule has 10 aliphatic heterocycles. The van der Waals surface area contributed by atoms with Gasteiger partial charge in [-0.3, -0.25) is 48.1 Å². The van der Waals surface area contributed by atoms with Gasteiger partial charge in [-0.1, -0.05) is 283 Å². The van der Waals surface area contributed by atoms with Crippen molar-refractivity contribution in [2.45, 2.75) is 329 Å². The van der Waals surface area contributed by atoms with Crippen LogP contribution in [0, 0.1) is 83.2 Å². The van der Waals surface area contributed by atoms with E-state index in [1.165, 1.54) is 100 Å². The second-order valence-corrected chi connectivity index (χ2v) is 51.3. The molecule has 133 heavy (non-hydrogen) atoms. The molecule has 2 aromatic carbocycles. The third kappa shape index (κ3) is 35.4. The highest BCUT2D eigenvalue weighted by Crippen LogP contribution is 2.53. The van der Waals surface area contributed by atoms with Gasteiger partial charge in [0.05, 0.1) is 38.5 Å². The molecule has 23 nitrogen and oxygen atoms in total. The largest absolute Gasteiger partial charge is 0.386 e. The lowest BCUT2D eigenvalue weighted by molar-refractivity contribution is -0.144. The molecule has 13 aliphatic rings. The number of nitrogens with zero attached hydrogens (tertiary/aromatic N) is 11. The normalized spacial score (nSPS) is 24.3. The number of piperazine rings is 3. The molecule has 1 N–H and O–H groups in total. The molecule has 754 valence electrons. The summed E-state index contributed by atoms with van der Waals surface area (Å²) >= 11 is 0. The van der Waals surface area contributed by atoms with Crippen LogP contribution in [0.5, 0.6) is 0 Å². The number of amides is 9. The van der Waals surface area contributed by atoms with Gasteiger partial charge in [0.1, 0.15) is 0 Å². The summed E-state index contributed by atoms with van der Waals surface area (Å²) in [6.45, 7) is 88.6. The second kappa shape index (κ2) is 47.0. The van der Waals surface area contributed by atoms with Crippen molar-refractivity contribution in [3.05, 3.63) is 78.0 Å². The fourth-order valence-corrected chi connectivity index (χ4v) is 20.4. The van der Waals surface area contributed by atoms with Crippen molar-refractivity contribution in [1.82, 2.24) is 54.3 Å². The van der Waals surface area contributed by atoms with Gasteiger partial charge in [-0.15, -0.1) is 0 Å². The first-order valence-corrected chi connectivity index (χ1v) is 51.1. The third-order valence-corrected chi connectivity index (χ3v) is 27.5. The lowest BCUT2D eigenvalue weighted by Crippen LogP contribution is -2.51. The molecule has 3 saturated carbocycles. The van der Waals surface area contributed by atoms with Crippen LogP contribution in [0.2, 0.25) is 0 Å². The molecule has 7 atom stereocenters. The van der Waals surface area contributed by atoms with E-state index in [0.717, 1.165) is 167 Å². The number of hydrogen-bond donors (Lipinski definition) is 1. The molecular weight excluding hydrogens is 1670 g/mol. The lowest BCUT2D eigenvalue weighted by Gasteiger charge is -2.43. The number of morpholine rings is 2. The first-order valence-electron chi connectivity index (χ1n) is 51.1. The van der Waals surface area contributed by atoms with Crippen molar-refractivity contribution in [2.24, 2.45) is 83.2 Å². The van der Waals surface area contributed by atoms with Crippen LogP contribution < -0.4 is 10.2 Å². The zero-order valence-corrected chi connectivity index (χ0v) is 89.7. The number of ether oxygens (including phenoxy) is 2. The van der Waals surface area contributed by atoms with Gasteiger partial charge >= 0.3 is 0 Å². The number of likely N-dealkylation sites (tertiary alicyclic amines) is 4. The summed E-state index contributed by atoms with van der Waals surface area (Å²) in [6, 6.07) is 19.5. The molecule has 9 saturated heterocycles. The number of hydrogen-bond acceptors (Lipinski definition) is 14. The third-order valence-electron chi connectivity index (χ3n) is 27.5. The van der Waals surface area contributed by atoms with Gasteiger partial charge in [0, 0.05) is 204 Å². The van der Waals surface area contributed by atoms with Crippen molar-refractivity contribution in [3.8, 4) is 0 Å². The van der Waals surface area contributed by atoms with E-state index in [4.69, 9.17) is 9.47 Å². The molecule has 4 bridgehead atoms. The summed E-state index contributed by atoms with van der Waals surface area (Å²) in [5.41, 5.74) is 3.30. The van der Waals surface area contributed by atoms with Gasteiger partial charge < -0.3 is 63.8 Å². The number of fused-ring (bicyclic) bond motifs is 6. The van der Waals surface area contributed by atoms with E-state index in [2.05, 4.69) is 95.6 Å². The maximum absolute atomic E-state index is 12.5. The minimum atomic E-state index is -0.280. The number of carbonyl (C=O) groups excluding carboxylic acids is 9. The van der Waals surface area contributed by atoms with Crippen LogP contribution in [0.25, 0.3) is 0 Å². The van der Waals surface area contributed by atoms with Crippen LogP contribution >= 0.6 is 0 Å². The number of para-hydroxylation sites is 1. The van der Waals surface area contributed by atoms with Crippen LogP contribution in [0.1, 0.15) is 309 Å². The highest BCUT2D eigenvalue weighted by molar-refractivity contribution is 5.86. The SMILES string of the molecule is C=C1CN(C(=O)C(C)(C)C)CCN1.CC(C)(C)C(=O)N1CCN(CC2CC2)CC1.CC(C)(C)C(=O)N1CCN(c2ccccc2)CC1.CC(C)(C)C(=O)N1CCOCC1.CC(C)(C)C(=O)N1CC[C@@H]2CCCC[C@H]2C1.CC(C)(C)C(=O)N1C[C@@H]2C[C@H]1CO2.CC(C)(C)C(=O)N1Cc2ccccc2C1.CC1(C)C[C@@H]2C[C@@](C)(CN2C(=O)C(C)(C)C)C1.C[C@H]1CCCN(C(=O)C(C)(C)C)C1. The van der Waals surface area contributed by atoms with Gasteiger partial charge in [0.25, 0.3) is 0 Å². The number of benzene rings is 2. The molecule has 0 aromatic heterocycles. The molecule has 0 unspecified atom stereocenters. The summed E-state index contributed by atoms with van der Waals surface area (Å²) in [5.74, 6) is 5.84. The number of nitrogens with one attached hydrogen (secondary N) is 1. The highest BCUT2D eigenvalue weighted by atomic mass is 16.5. The van der Waals surface area contributed by atoms with Crippen LogP contribution in [0.15, 0.2) is 66.9 Å². The van der Waals surface area contributed by atoms with E-state index in [-0.39, 0.29) is 78.3 Å². The highest BCUT2D eigenvalue weighted by Gasteiger charge is 2.53. The monoisotopic (exact) mass is 1850 g/mol. The van der Waals surface area contributed by atoms with E-state index in [1.807, 2.05) is 239 Å². The first kappa shape index (κ1) is 113. The van der Waals surface area contributed by atoms with Gasteiger partial charge in [0.15, 0.2) is 0 Å². The van der Waals surface area contributed by atoms with Gasteiger partial charge in [0.2, 0.25) is 53.2 Å². The average molecular weight is 1850 g/mol. The Labute approximate surface area is 807 Å². The Morgan fingerprint density at radius 2 is 0.827 bits per heavy atom. The number of piperidine rings is 2. The molecule has 0 spiro atoms. The molecule has 3 aliphatic carbocycles. The van der Waals surface area contributed by atoms with Crippen LogP contribution in [-0.4, -0.2) is 271 Å². The summed E-state index contributed by atoms with van der Waals surface area (Å²) in [6.07, 6.45) is 17.0. The molecular formula is C110H188N12O11. The van der Waals surface area contributed by atoms with E-state index < -0.39 is 0 Å². The molecule has 9 amide bonds. The summed E-state index contributed by atoms with van der Waals surface area (Å²) in [5, 5.41) is 3.13. The van der Waals surface area contributed by atoms with Gasteiger partial charge in [-0.25, -0.2) is 0 Å². The van der Waals surface area contributed by atoms with Crippen LogP contribution in [0.3, 0.4) is 0 Å². The van der Waals surface area contributed by atoms with E-state index in [9.17, 15) is 43.2 Å².